The molecule has 7 nitrogen and oxygen atoms in total. The van der Waals surface area contributed by atoms with Crippen LogP contribution >= 0.6 is 0 Å². The molecule has 0 radical (unpaired) electrons. The number of aliphatic hydroxyl groups is 2. The number of anilines is 1. The maximum atomic E-state index is 12.8. The summed E-state index contributed by atoms with van der Waals surface area (Å²) in [5.41, 5.74) is -0.923. The fourth-order valence-electron chi connectivity index (χ4n) is 2.26. The van der Waals surface area contributed by atoms with Gasteiger partial charge in [0.1, 0.15) is 5.82 Å². The van der Waals surface area contributed by atoms with Crippen LogP contribution in [0, 0.1) is 0 Å². The Morgan fingerprint density at radius 2 is 2.00 bits per heavy atom. The largest absolute Gasteiger partial charge is 0.416 e. The molecule has 3 atom stereocenters. The van der Waals surface area contributed by atoms with E-state index < -0.39 is 30.5 Å². The minimum Gasteiger partial charge on any atom is -0.382 e. The van der Waals surface area contributed by atoms with Crippen LogP contribution in [-0.2, 0) is 15.7 Å². The van der Waals surface area contributed by atoms with E-state index in [9.17, 15) is 23.4 Å². The van der Waals surface area contributed by atoms with E-state index in [0.29, 0.717) is 0 Å². The van der Waals surface area contributed by atoms with Crippen LogP contribution in [0.5, 0.6) is 0 Å². The molecule has 0 aromatic carbocycles. The monoisotopic (exact) mass is 337 g/mol. The van der Waals surface area contributed by atoms with Gasteiger partial charge in [-0.1, -0.05) is 0 Å². The first kappa shape index (κ1) is 17.9. The predicted octanol–water partition coefficient (Wildman–Crippen LogP) is 0.436. The number of methoxy groups -OCH3 is 1. The van der Waals surface area contributed by atoms with Crippen molar-refractivity contribution in [2.75, 3.05) is 32.3 Å². The number of alkyl halides is 3. The zero-order valence-corrected chi connectivity index (χ0v) is 12.6. The predicted molar refractivity (Wildman–Crippen MR) is 73.1 cm³/mol. The number of hydrogen-bond donors (Lipinski definition) is 2. The number of nitrogens with zero attached hydrogens (tertiary/aromatic N) is 3. The first-order chi connectivity index (χ1) is 10.8. The first-order valence-corrected chi connectivity index (χ1v) is 6.77. The molecule has 1 aromatic rings. The van der Waals surface area contributed by atoms with Crippen LogP contribution in [0.2, 0.25) is 0 Å². The second-order valence-corrected chi connectivity index (χ2v) is 4.99. The number of likely N-dealkylation sites (N-methyl/N-ethyl adjacent to an activating group) is 1. The summed E-state index contributed by atoms with van der Waals surface area (Å²) in [6.45, 7) is 0.425. The van der Waals surface area contributed by atoms with Gasteiger partial charge in [-0.05, 0) is 19.2 Å². The van der Waals surface area contributed by atoms with Gasteiger partial charge < -0.3 is 19.7 Å². The molecule has 1 fully saturated rings. The van der Waals surface area contributed by atoms with Crippen LogP contribution in [0.25, 0.3) is 0 Å². The van der Waals surface area contributed by atoms with Gasteiger partial charge in [0.25, 0.3) is 0 Å². The number of hydrogen-bond acceptors (Lipinski definition) is 7. The van der Waals surface area contributed by atoms with Gasteiger partial charge in [0.15, 0.2) is 18.8 Å². The quantitative estimate of drug-likeness (QED) is 0.755. The minimum atomic E-state index is -4.55. The fourth-order valence-corrected chi connectivity index (χ4v) is 2.26. The fraction of sp³-hybridized carbons (Fsp3) is 0.615. The minimum absolute atomic E-state index is 0.152. The Labute approximate surface area is 130 Å². The number of ether oxygens (including phenoxy) is 2. The average molecular weight is 337 g/mol. The van der Waals surface area contributed by atoms with Gasteiger partial charge in [-0.15, -0.1) is 0 Å². The Morgan fingerprint density at radius 1 is 1.30 bits per heavy atom. The average Bonchev–Trinajstić information content (AvgIpc) is 2.70. The molecule has 0 spiro atoms. The van der Waals surface area contributed by atoms with E-state index in [1.807, 2.05) is 0 Å². The molecular weight excluding hydrogens is 319 g/mol. The van der Waals surface area contributed by atoms with Crippen LogP contribution in [0.3, 0.4) is 0 Å². The van der Waals surface area contributed by atoms with Crippen LogP contribution in [0.4, 0.5) is 19.0 Å². The summed E-state index contributed by atoms with van der Waals surface area (Å²) < 4.78 is 48.6. The molecule has 0 aliphatic carbocycles. The van der Waals surface area contributed by atoms with Crippen molar-refractivity contribution in [3.8, 4) is 0 Å². The molecule has 23 heavy (non-hydrogen) atoms. The second kappa shape index (κ2) is 6.97. The van der Waals surface area contributed by atoms with E-state index in [4.69, 9.17) is 9.47 Å². The third-order valence-corrected chi connectivity index (χ3v) is 3.47. The van der Waals surface area contributed by atoms with E-state index in [2.05, 4.69) is 4.98 Å². The number of aliphatic hydroxyl groups excluding tert-OH is 2. The molecule has 1 saturated heterocycles. The third kappa shape index (κ3) is 3.72. The van der Waals surface area contributed by atoms with Crippen LogP contribution < -0.4 is 4.90 Å². The normalized spacial score (nSPS) is 26.0. The molecule has 2 N–H and O–H groups in total. The lowest BCUT2D eigenvalue weighted by Crippen LogP contribution is -2.40. The summed E-state index contributed by atoms with van der Waals surface area (Å²) in [5, 5.41) is 20.4. The van der Waals surface area contributed by atoms with Crippen LogP contribution in [-0.4, -0.2) is 66.3 Å². The van der Waals surface area contributed by atoms with Gasteiger partial charge in [0.05, 0.1) is 18.8 Å². The molecule has 0 amide bonds. The van der Waals surface area contributed by atoms with E-state index in [0.717, 1.165) is 23.2 Å². The van der Waals surface area contributed by atoms with Crippen molar-refractivity contribution < 1.29 is 32.9 Å². The standard InChI is InChI=1S/C13H18F3N3O4/c1-18-11(23-6-5-22-2)10(20)19(12(18)21)9-7-8(3-4-17-9)13(14,15)16/h3-4,7,10-12,20-21H,5-6H2,1-2H3. The number of halogens is 3. The number of pyridine rings is 1. The van der Waals surface area contributed by atoms with Crippen molar-refractivity contribution in [2.24, 2.45) is 0 Å². The molecule has 0 saturated carbocycles. The van der Waals surface area contributed by atoms with E-state index in [1.54, 1.807) is 0 Å². The Morgan fingerprint density at radius 3 is 2.61 bits per heavy atom. The van der Waals surface area contributed by atoms with Crippen molar-refractivity contribution in [2.45, 2.75) is 25.0 Å². The molecule has 1 aliphatic heterocycles. The third-order valence-electron chi connectivity index (χ3n) is 3.47. The maximum absolute atomic E-state index is 12.8. The molecule has 0 bridgehead atoms. The van der Waals surface area contributed by atoms with Crippen LogP contribution in [0.1, 0.15) is 5.56 Å². The first-order valence-electron chi connectivity index (χ1n) is 6.77. The summed E-state index contributed by atoms with van der Waals surface area (Å²) in [6, 6.07) is 1.58. The number of aromatic nitrogens is 1. The highest BCUT2D eigenvalue weighted by molar-refractivity contribution is 5.44. The van der Waals surface area contributed by atoms with E-state index >= 15 is 0 Å². The maximum Gasteiger partial charge on any atom is 0.416 e. The van der Waals surface area contributed by atoms with Crippen molar-refractivity contribution in [3.05, 3.63) is 23.9 Å². The topological polar surface area (TPSA) is 78.3 Å². The summed E-state index contributed by atoms with van der Waals surface area (Å²) in [5.74, 6) is -0.204. The zero-order chi connectivity index (χ0) is 17.2. The van der Waals surface area contributed by atoms with Gasteiger partial charge >= 0.3 is 6.18 Å². The summed E-state index contributed by atoms with van der Waals surface area (Å²) in [7, 11) is 2.95. The van der Waals surface area contributed by atoms with Gasteiger partial charge in [0.2, 0.25) is 0 Å². The zero-order valence-electron chi connectivity index (χ0n) is 12.6. The van der Waals surface area contributed by atoms with Gasteiger partial charge in [-0.3, -0.25) is 4.90 Å². The lowest BCUT2D eigenvalue weighted by atomic mass is 10.2. The summed E-state index contributed by atoms with van der Waals surface area (Å²) in [4.78, 5) is 6.03. The van der Waals surface area contributed by atoms with Crippen LogP contribution in [0.15, 0.2) is 18.3 Å². The lowest BCUT2D eigenvalue weighted by Gasteiger charge is -2.25. The lowest BCUT2D eigenvalue weighted by molar-refractivity contribution is -0.137. The highest BCUT2D eigenvalue weighted by atomic mass is 19.4. The summed E-state index contributed by atoms with van der Waals surface area (Å²) >= 11 is 0. The second-order valence-electron chi connectivity index (χ2n) is 4.99. The molecule has 1 aliphatic rings. The van der Waals surface area contributed by atoms with Crippen molar-refractivity contribution in [1.29, 1.82) is 0 Å². The molecule has 2 rings (SSSR count). The molecule has 2 heterocycles. The smallest absolute Gasteiger partial charge is 0.382 e. The Kier molecular flexibility index (Phi) is 5.42. The van der Waals surface area contributed by atoms with Crippen molar-refractivity contribution >= 4 is 5.82 Å². The molecule has 10 heteroatoms. The molecule has 1 aromatic heterocycles. The van der Waals surface area contributed by atoms with Gasteiger partial charge in [-0.25, -0.2) is 9.88 Å². The molecular formula is C13H18F3N3O4. The highest BCUT2D eigenvalue weighted by Gasteiger charge is 2.45. The van der Waals surface area contributed by atoms with Crippen molar-refractivity contribution in [3.63, 3.8) is 0 Å². The number of rotatable bonds is 5. The Bertz CT molecular complexity index is 531. The Balaban J connectivity index is 2.22. The highest BCUT2D eigenvalue weighted by Crippen LogP contribution is 2.33. The van der Waals surface area contributed by atoms with Gasteiger partial charge in [-0.2, -0.15) is 13.2 Å². The van der Waals surface area contributed by atoms with Gasteiger partial charge in [0, 0.05) is 13.3 Å². The molecule has 130 valence electrons. The van der Waals surface area contributed by atoms with Crippen molar-refractivity contribution in [1.82, 2.24) is 9.88 Å². The summed E-state index contributed by atoms with van der Waals surface area (Å²) in [6.07, 6.45) is -7.28. The Hall–Kier alpha value is -1.46. The van der Waals surface area contributed by atoms with E-state index in [-0.39, 0.29) is 19.0 Å². The van der Waals surface area contributed by atoms with E-state index in [1.165, 1.54) is 19.1 Å². The molecule has 3 unspecified atom stereocenters. The SMILES string of the molecule is COCCOC1C(O)N(c2cc(C(F)(F)F)ccn2)C(O)N1C.